The lowest BCUT2D eigenvalue weighted by atomic mass is 10.1. The van der Waals surface area contributed by atoms with Crippen molar-refractivity contribution in [3.63, 3.8) is 0 Å². The maximum Gasteiger partial charge on any atom is 0.275 e. The van der Waals surface area contributed by atoms with Crippen LogP contribution in [-0.2, 0) is 13.1 Å². The maximum absolute atomic E-state index is 10.4. The number of hydrogen-bond acceptors (Lipinski definition) is 11. The predicted molar refractivity (Wildman–Crippen MR) is 134 cm³/mol. The third kappa shape index (κ3) is 5.14. The summed E-state index contributed by atoms with van der Waals surface area (Å²) < 4.78 is 0. The van der Waals surface area contributed by atoms with E-state index in [4.69, 9.17) is 5.73 Å². The Hall–Kier alpha value is -5.19. The third-order valence-corrected chi connectivity index (χ3v) is 5.26. The van der Waals surface area contributed by atoms with Gasteiger partial charge in [0.05, 0.1) is 24.5 Å². The summed E-state index contributed by atoms with van der Waals surface area (Å²) in [6, 6.07) is 19.3. The van der Waals surface area contributed by atoms with Crippen molar-refractivity contribution in [1.82, 2.24) is 24.9 Å². The van der Waals surface area contributed by atoms with Crippen LogP contribution in [0.4, 0.5) is 23.5 Å². The van der Waals surface area contributed by atoms with E-state index >= 15 is 0 Å². The molecule has 5 rings (SSSR count). The fourth-order valence-corrected chi connectivity index (χ4v) is 3.61. The minimum atomic E-state index is -0.106. The Labute approximate surface area is 205 Å². The Bertz CT molecular complexity index is 1480. The summed E-state index contributed by atoms with van der Waals surface area (Å²) in [5.74, 6) is 0.122. The van der Waals surface area contributed by atoms with Gasteiger partial charge in [-0.25, -0.2) is 0 Å². The molecule has 0 aliphatic rings. The van der Waals surface area contributed by atoms with E-state index in [9.17, 15) is 10.2 Å². The molecule has 11 nitrogen and oxygen atoms in total. The van der Waals surface area contributed by atoms with Crippen LogP contribution in [0, 0.1) is 0 Å². The first-order chi connectivity index (χ1) is 17.5. The van der Waals surface area contributed by atoms with Gasteiger partial charge in [-0.15, -0.1) is 10.2 Å². The number of anilines is 2. The number of nitrogen functional groups attached to an aromatic ring is 1. The molecule has 3 heterocycles. The molecule has 0 saturated heterocycles. The van der Waals surface area contributed by atoms with Gasteiger partial charge < -0.3 is 20.8 Å². The lowest BCUT2D eigenvalue weighted by Gasteiger charge is -2.22. The minimum Gasteiger partial charge on any atom is -0.508 e. The van der Waals surface area contributed by atoms with E-state index in [0.717, 1.165) is 16.8 Å². The molecule has 0 aliphatic heterocycles. The zero-order valence-electron chi connectivity index (χ0n) is 19.0. The molecule has 0 spiro atoms. The number of nitrogens with zero attached hydrogens (tertiary/aromatic N) is 8. The molecular formula is C25H21N9O2. The number of hydrogen-bond donors (Lipinski definition) is 3. The molecule has 5 aromatic rings. The number of fused-ring (bicyclic) bond motifs is 1. The van der Waals surface area contributed by atoms with E-state index < -0.39 is 0 Å². The van der Waals surface area contributed by atoms with Crippen molar-refractivity contribution < 1.29 is 10.2 Å². The molecule has 0 fully saturated rings. The van der Waals surface area contributed by atoms with Gasteiger partial charge in [-0.1, -0.05) is 24.3 Å². The number of nitrogens with two attached hydrogens (primary N) is 1. The van der Waals surface area contributed by atoms with Crippen molar-refractivity contribution >= 4 is 34.3 Å². The minimum absolute atomic E-state index is 0.0379. The van der Waals surface area contributed by atoms with Crippen LogP contribution >= 0.6 is 0 Å². The third-order valence-electron chi connectivity index (χ3n) is 5.26. The molecule has 0 amide bonds. The zero-order chi connectivity index (χ0) is 24.9. The average molecular weight is 480 g/mol. The number of rotatable bonds is 7. The molecular weight excluding hydrogens is 458 g/mol. The molecule has 4 N–H and O–H groups in total. The summed E-state index contributed by atoms with van der Waals surface area (Å²) in [4.78, 5) is 23.5. The Morgan fingerprint density at radius 3 is 2.14 bits per heavy atom. The Morgan fingerprint density at radius 1 is 0.778 bits per heavy atom. The van der Waals surface area contributed by atoms with E-state index in [1.54, 1.807) is 30.6 Å². The topological polar surface area (TPSA) is 159 Å². The second-order valence-corrected chi connectivity index (χ2v) is 7.83. The van der Waals surface area contributed by atoms with Crippen molar-refractivity contribution in [1.29, 1.82) is 0 Å². The first kappa shape index (κ1) is 22.6. The first-order valence-corrected chi connectivity index (χ1v) is 11.0. The number of phenols is 2. The molecule has 0 saturated carbocycles. The highest BCUT2D eigenvalue weighted by molar-refractivity contribution is 5.96. The van der Waals surface area contributed by atoms with Crippen LogP contribution in [-0.4, -0.2) is 35.1 Å². The average Bonchev–Trinajstić information content (AvgIpc) is 2.88. The Morgan fingerprint density at radius 2 is 1.47 bits per heavy atom. The summed E-state index contributed by atoms with van der Waals surface area (Å²) in [6.07, 6.45) is 3.42. The van der Waals surface area contributed by atoms with Gasteiger partial charge in [0.2, 0.25) is 11.9 Å². The van der Waals surface area contributed by atoms with E-state index in [-0.39, 0.29) is 35.0 Å². The van der Waals surface area contributed by atoms with Gasteiger partial charge in [0, 0.05) is 17.8 Å². The van der Waals surface area contributed by atoms with Crippen LogP contribution in [0.3, 0.4) is 0 Å². The second kappa shape index (κ2) is 9.97. The zero-order valence-corrected chi connectivity index (χ0v) is 19.0. The number of pyridine rings is 2. The number of phenolic OH excluding ortho intramolecular Hbond substituents is 2. The molecule has 0 unspecified atom stereocenters. The molecule has 0 bridgehead atoms. The molecule has 11 heteroatoms. The van der Waals surface area contributed by atoms with Crippen LogP contribution in [0.1, 0.15) is 11.4 Å². The van der Waals surface area contributed by atoms with Crippen molar-refractivity contribution in [2.45, 2.75) is 13.1 Å². The number of aromatic hydroxyl groups is 2. The summed E-state index contributed by atoms with van der Waals surface area (Å²) in [7, 11) is 0. The van der Waals surface area contributed by atoms with E-state index in [2.05, 4.69) is 35.1 Å². The van der Waals surface area contributed by atoms with Gasteiger partial charge in [0.25, 0.3) is 5.95 Å². The van der Waals surface area contributed by atoms with Gasteiger partial charge >= 0.3 is 0 Å². The largest absolute Gasteiger partial charge is 0.508 e. The monoisotopic (exact) mass is 479 g/mol. The van der Waals surface area contributed by atoms with E-state index in [1.165, 1.54) is 12.1 Å². The van der Waals surface area contributed by atoms with Gasteiger partial charge in [0.15, 0.2) is 0 Å². The molecule has 0 radical (unpaired) electrons. The van der Waals surface area contributed by atoms with Gasteiger partial charge in [0.1, 0.15) is 17.2 Å². The van der Waals surface area contributed by atoms with Crippen molar-refractivity contribution in [2.75, 3.05) is 10.6 Å². The second-order valence-electron chi connectivity index (χ2n) is 7.83. The van der Waals surface area contributed by atoms with Crippen LogP contribution in [0.15, 0.2) is 89.4 Å². The molecule has 0 aliphatic carbocycles. The standard InChI is InChI=1S/C25H21N9O2/c26-23-29-24(33-32-22-20-13-19(35)9-7-16(20)8-10-21(22)36)31-25(30-23)34(14-17-5-1-3-11-27-17)15-18-6-2-4-12-28-18/h1-13,35-36H,14-15H2,(H2,26,29,30,31). The SMILES string of the molecule is Nc1nc(N=Nc2c(O)ccc3ccc(O)cc23)nc(N(Cc2ccccn2)Cc2ccccn2)n1. The maximum atomic E-state index is 10.4. The van der Waals surface area contributed by atoms with Crippen molar-refractivity contribution in [2.24, 2.45) is 10.2 Å². The summed E-state index contributed by atoms with van der Waals surface area (Å²) >= 11 is 0. The quantitative estimate of drug-likeness (QED) is 0.287. The fraction of sp³-hybridized carbons (Fsp3) is 0.0800. The summed E-state index contributed by atoms with van der Waals surface area (Å²) in [5, 5.41) is 29.8. The van der Waals surface area contributed by atoms with E-state index in [0.29, 0.717) is 18.5 Å². The predicted octanol–water partition coefficient (Wildman–Crippen LogP) is 4.43. The van der Waals surface area contributed by atoms with Crippen LogP contribution in [0.25, 0.3) is 10.8 Å². The number of azo groups is 1. The Kier molecular flexibility index (Phi) is 6.26. The molecule has 2 aromatic carbocycles. The highest BCUT2D eigenvalue weighted by Gasteiger charge is 2.16. The van der Waals surface area contributed by atoms with E-state index in [1.807, 2.05) is 41.3 Å². The van der Waals surface area contributed by atoms with Crippen LogP contribution in [0.2, 0.25) is 0 Å². The van der Waals surface area contributed by atoms with Crippen LogP contribution < -0.4 is 10.6 Å². The lowest BCUT2D eigenvalue weighted by Crippen LogP contribution is -2.25. The van der Waals surface area contributed by atoms with Crippen LogP contribution in [0.5, 0.6) is 11.5 Å². The first-order valence-electron chi connectivity index (χ1n) is 11.0. The smallest absolute Gasteiger partial charge is 0.275 e. The summed E-state index contributed by atoms with van der Waals surface area (Å²) in [5.41, 5.74) is 7.76. The van der Waals surface area contributed by atoms with Crippen molar-refractivity contribution in [3.05, 3.63) is 90.5 Å². The Balaban J connectivity index is 1.51. The number of benzene rings is 2. The highest BCUT2D eigenvalue weighted by atomic mass is 16.3. The normalized spacial score (nSPS) is 11.2. The van der Waals surface area contributed by atoms with Crippen molar-refractivity contribution in [3.8, 4) is 11.5 Å². The molecule has 0 atom stereocenters. The van der Waals surface area contributed by atoms with Gasteiger partial charge in [-0.2, -0.15) is 15.0 Å². The lowest BCUT2D eigenvalue weighted by molar-refractivity contribution is 0.475. The van der Waals surface area contributed by atoms with Gasteiger partial charge in [-0.3, -0.25) is 9.97 Å². The number of aromatic nitrogens is 5. The molecule has 178 valence electrons. The fourth-order valence-electron chi connectivity index (χ4n) is 3.61. The highest BCUT2D eigenvalue weighted by Crippen LogP contribution is 2.37. The molecule has 36 heavy (non-hydrogen) atoms. The van der Waals surface area contributed by atoms with Gasteiger partial charge in [-0.05, 0) is 47.9 Å². The summed E-state index contributed by atoms with van der Waals surface area (Å²) in [6.45, 7) is 0.779. The molecule has 3 aromatic heterocycles.